The predicted molar refractivity (Wildman–Crippen MR) is 97.4 cm³/mol. The van der Waals surface area contributed by atoms with Crippen molar-refractivity contribution in [3.05, 3.63) is 65.3 Å². The number of benzene rings is 1. The summed E-state index contributed by atoms with van der Waals surface area (Å²) in [5, 5.41) is 15.7. The third kappa shape index (κ3) is 4.20. The summed E-state index contributed by atoms with van der Waals surface area (Å²) >= 11 is 5.81. The third-order valence-corrected chi connectivity index (χ3v) is 5.01. The molecule has 0 unspecified atom stereocenters. The van der Waals surface area contributed by atoms with Crippen LogP contribution in [0.2, 0.25) is 5.02 Å². The van der Waals surface area contributed by atoms with Crippen molar-refractivity contribution >= 4 is 11.6 Å². The van der Waals surface area contributed by atoms with Crippen LogP contribution in [0, 0.1) is 5.92 Å². The number of aromatic nitrogens is 4. The van der Waals surface area contributed by atoms with E-state index in [4.69, 9.17) is 16.3 Å². The van der Waals surface area contributed by atoms with E-state index >= 15 is 0 Å². The molecule has 4 rings (SSSR count). The lowest BCUT2D eigenvalue weighted by molar-refractivity contribution is -0.145. The molecule has 0 radical (unpaired) electrons. The maximum atomic E-state index is 13.8. The smallest absolute Gasteiger partial charge is 0.433 e. The Morgan fingerprint density at radius 1 is 1.14 bits per heavy atom. The first-order valence-electron chi connectivity index (χ1n) is 8.82. The Morgan fingerprint density at radius 3 is 2.45 bits per heavy atom. The molecule has 2 heterocycles. The highest BCUT2D eigenvalue weighted by atomic mass is 35.5. The second-order valence-corrected chi connectivity index (χ2v) is 7.33. The number of alkyl halides is 3. The first kappa shape index (κ1) is 19.7. The summed E-state index contributed by atoms with van der Waals surface area (Å²) in [7, 11) is 0. The second-order valence-electron chi connectivity index (χ2n) is 6.89. The molecule has 1 aliphatic carbocycles. The summed E-state index contributed by atoms with van der Waals surface area (Å²) in [6.07, 6.45) is -0.928. The molecule has 0 amide bonds. The van der Waals surface area contributed by atoms with Gasteiger partial charge in [0.1, 0.15) is 24.0 Å². The lowest BCUT2D eigenvalue weighted by Crippen LogP contribution is -2.36. The van der Waals surface area contributed by atoms with E-state index in [1.54, 1.807) is 12.1 Å². The summed E-state index contributed by atoms with van der Waals surface area (Å²) in [5.74, 6) is -0.261. The van der Waals surface area contributed by atoms with E-state index in [1.807, 2.05) is 0 Å². The van der Waals surface area contributed by atoms with Gasteiger partial charge in [-0.3, -0.25) is 0 Å². The zero-order chi connectivity index (χ0) is 20.6. The van der Waals surface area contributed by atoms with Gasteiger partial charge in [0.15, 0.2) is 5.69 Å². The number of hydrogen-bond acceptors (Lipinski definition) is 5. The van der Waals surface area contributed by atoms with Crippen LogP contribution in [0.5, 0.6) is 11.6 Å². The SMILES string of the molecule is O[C@](Cn1cncn1)(c1ccc(Oc2ccc(Cl)cc2)nc1C(F)(F)F)C1CC1. The van der Waals surface area contributed by atoms with Gasteiger partial charge in [-0.2, -0.15) is 18.3 Å². The highest BCUT2D eigenvalue weighted by molar-refractivity contribution is 6.30. The van der Waals surface area contributed by atoms with Gasteiger partial charge in [0.25, 0.3) is 0 Å². The molecule has 1 N–H and O–H groups in total. The van der Waals surface area contributed by atoms with Crippen LogP contribution >= 0.6 is 11.6 Å². The van der Waals surface area contributed by atoms with Crippen LogP contribution in [0.15, 0.2) is 49.1 Å². The molecule has 1 aliphatic rings. The van der Waals surface area contributed by atoms with Gasteiger partial charge >= 0.3 is 6.18 Å². The molecule has 1 fully saturated rings. The monoisotopic (exact) mass is 424 g/mol. The quantitative estimate of drug-likeness (QED) is 0.633. The van der Waals surface area contributed by atoms with Gasteiger partial charge in [-0.1, -0.05) is 11.6 Å². The standard InChI is InChI=1S/C19H16ClF3N4O2/c20-13-3-5-14(6-4-13)29-16-8-7-15(17(26-16)19(21,22)23)18(28,12-1-2-12)9-27-11-24-10-25-27/h3-8,10-12,28H,1-2,9H2/t18-/m0/s1. The van der Waals surface area contributed by atoms with Gasteiger partial charge in [-0.25, -0.2) is 14.6 Å². The van der Waals surface area contributed by atoms with Crippen LogP contribution in [-0.2, 0) is 18.3 Å². The highest BCUT2D eigenvalue weighted by Gasteiger charge is 2.50. The largest absolute Gasteiger partial charge is 0.439 e. The first-order chi connectivity index (χ1) is 13.8. The molecule has 0 saturated heterocycles. The number of aliphatic hydroxyl groups is 1. The minimum absolute atomic E-state index is 0.153. The van der Waals surface area contributed by atoms with Crippen molar-refractivity contribution in [3.63, 3.8) is 0 Å². The van der Waals surface area contributed by atoms with E-state index in [2.05, 4.69) is 15.1 Å². The fourth-order valence-electron chi connectivity index (χ4n) is 3.24. The number of ether oxygens (including phenoxy) is 1. The van der Waals surface area contributed by atoms with Crippen LogP contribution in [0.3, 0.4) is 0 Å². The van der Waals surface area contributed by atoms with Gasteiger partial charge in [0.05, 0.1) is 6.54 Å². The Hall–Kier alpha value is -2.65. The van der Waals surface area contributed by atoms with Gasteiger partial charge in [0, 0.05) is 16.7 Å². The van der Waals surface area contributed by atoms with Crippen LogP contribution in [0.25, 0.3) is 0 Å². The second kappa shape index (κ2) is 7.31. The minimum Gasteiger partial charge on any atom is -0.439 e. The van der Waals surface area contributed by atoms with E-state index in [0.29, 0.717) is 23.6 Å². The average molecular weight is 425 g/mol. The van der Waals surface area contributed by atoms with Crippen LogP contribution < -0.4 is 4.74 Å². The number of hydrogen-bond donors (Lipinski definition) is 1. The van der Waals surface area contributed by atoms with Crippen molar-refractivity contribution in [1.82, 2.24) is 19.7 Å². The molecular weight excluding hydrogens is 409 g/mol. The summed E-state index contributed by atoms with van der Waals surface area (Å²) in [4.78, 5) is 7.47. The molecule has 152 valence electrons. The van der Waals surface area contributed by atoms with Crippen LogP contribution in [-0.4, -0.2) is 24.9 Å². The predicted octanol–water partition coefficient (Wildman–Crippen LogP) is 4.44. The fraction of sp³-hybridized carbons (Fsp3) is 0.316. The summed E-state index contributed by atoms with van der Waals surface area (Å²) in [5.41, 5.74) is -3.25. The number of pyridine rings is 1. The Balaban J connectivity index is 1.73. The Bertz CT molecular complexity index is 992. The van der Waals surface area contributed by atoms with E-state index in [1.165, 1.54) is 41.6 Å². The molecule has 0 aliphatic heterocycles. The van der Waals surface area contributed by atoms with Crippen LogP contribution in [0.1, 0.15) is 24.1 Å². The maximum absolute atomic E-state index is 13.8. The summed E-state index contributed by atoms with van der Waals surface area (Å²) < 4.78 is 48.3. The van der Waals surface area contributed by atoms with Gasteiger partial charge in [-0.15, -0.1) is 0 Å². The Morgan fingerprint density at radius 2 is 1.86 bits per heavy atom. The highest BCUT2D eigenvalue weighted by Crippen LogP contribution is 2.49. The van der Waals surface area contributed by atoms with Crippen molar-refractivity contribution in [2.24, 2.45) is 5.92 Å². The summed E-state index contributed by atoms with van der Waals surface area (Å²) in [6.45, 7) is -0.153. The Kier molecular flexibility index (Phi) is 4.95. The molecular formula is C19H16ClF3N4O2. The van der Waals surface area contributed by atoms with E-state index in [9.17, 15) is 18.3 Å². The first-order valence-corrected chi connectivity index (χ1v) is 9.20. The number of halogens is 4. The molecule has 3 aromatic rings. The van der Waals surface area contributed by atoms with Gasteiger partial charge < -0.3 is 9.84 Å². The molecule has 10 heteroatoms. The van der Waals surface area contributed by atoms with Gasteiger partial charge in [-0.05, 0) is 49.1 Å². The molecule has 6 nitrogen and oxygen atoms in total. The van der Waals surface area contributed by atoms with Crippen molar-refractivity contribution in [3.8, 4) is 11.6 Å². The zero-order valence-corrected chi connectivity index (χ0v) is 15.7. The van der Waals surface area contributed by atoms with E-state index in [-0.39, 0.29) is 23.9 Å². The number of nitrogens with zero attached hydrogens (tertiary/aromatic N) is 4. The average Bonchev–Trinajstić information content (AvgIpc) is 3.42. The maximum Gasteiger partial charge on any atom is 0.433 e. The topological polar surface area (TPSA) is 73.1 Å². The zero-order valence-electron chi connectivity index (χ0n) is 15.0. The molecule has 0 spiro atoms. The molecule has 0 bridgehead atoms. The van der Waals surface area contributed by atoms with Gasteiger partial charge in [0.2, 0.25) is 5.88 Å². The lowest BCUT2D eigenvalue weighted by atomic mass is 9.87. The molecule has 29 heavy (non-hydrogen) atoms. The normalized spacial score (nSPS) is 16.4. The fourth-order valence-corrected chi connectivity index (χ4v) is 3.37. The van der Waals surface area contributed by atoms with Crippen molar-refractivity contribution in [1.29, 1.82) is 0 Å². The molecule has 1 saturated carbocycles. The van der Waals surface area contributed by atoms with Crippen molar-refractivity contribution < 1.29 is 23.0 Å². The van der Waals surface area contributed by atoms with Crippen LogP contribution in [0.4, 0.5) is 13.2 Å². The van der Waals surface area contributed by atoms with E-state index in [0.717, 1.165) is 0 Å². The van der Waals surface area contributed by atoms with Crippen molar-refractivity contribution in [2.75, 3.05) is 0 Å². The molecule has 1 atom stereocenters. The minimum atomic E-state index is -4.78. The van der Waals surface area contributed by atoms with E-state index < -0.39 is 17.5 Å². The lowest BCUT2D eigenvalue weighted by Gasteiger charge is -2.30. The number of rotatable bonds is 6. The molecule has 1 aromatic carbocycles. The molecule has 2 aromatic heterocycles. The third-order valence-electron chi connectivity index (χ3n) is 4.76. The van der Waals surface area contributed by atoms with Crippen molar-refractivity contribution in [2.45, 2.75) is 31.2 Å². The summed E-state index contributed by atoms with van der Waals surface area (Å²) in [6, 6.07) is 8.69. The Labute approximate surface area is 168 Å².